The summed E-state index contributed by atoms with van der Waals surface area (Å²) in [7, 11) is -2.03. The Hall–Kier alpha value is -1.11. The number of hydrogen-bond acceptors (Lipinski definition) is 4. The fourth-order valence-electron chi connectivity index (χ4n) is 1.31. The SMILES string of the molecule is CNS(=O)(=O)c1ccc(NC(C)(C)C(C)O)cc1. The van der Waals surface area contributed by atoms with Crippen molar-refractivity contribution in [1.29, 1.82) is 0 Å². The second-order valence-corrected chi connectivity index (χ2v) is 6.64. The number of sulfonamides is 1. The van der Waals surface area contributed by atoms with Gasteiger partial charge in [-0.2, -0.15) is 0 Å². The second kappa shape index (κ2) is 5.26. The van der Waals surface area contributed by atoms with Crippen molar-refractivity contribution in [3.63, 3.8) is 0 Å². The van der Waals surface area contributed by atoms with Gasteiger partial charge in [0.15, 0.2) is 0 Å². The zero-order chi connectivity index (χ0) is 14.0. The first kappa shape index (κ1) is 14.9. The van der Waals surface area contributed by atoms with Crippen molar-refractivity contribution in [3.05, 3.63) is 24.3 Å². The van der Waals surface area contributed by atoms with Gasteiger partial charge >= 0.3 is 0 Å². The van der Waals surface area contributed by atoms with E-state index in [0.29, 0.717) is 0 Å². The molecule has 0 heterocycles. The minimum Gasteiger partial charge on any atom is -0.391 e. The van der Waals surface area contributed by atoms with E-state index in [4.69, 9.17) is 0 Å². The highest BCUT2D eigenvalue weighted by atomic mass is 32.2. The fraction of sp³-hybridized carbons (Fsp3) is 0.500. The first-order chi connectivity index (χ1) is 8.19. The molecule has 0 fully saturated rings. The highest BCUT2D eigenvalue weighted by Crippen LogP contribution is 2.20. The molecule has 0 saturated heterocycles. The summed E-state index contributed by atoms with van der Waals surface area (Å²) in [5.41, 5.74) is 0.277. The molecule has 0 amide bonds. The third-order valence-corrected chi connectivity index (χ3v) is 4.37. The summed E-state index contributed by atoms with van der Waals surface area (Å²) in [5, 5.41) is 12.7. The summed E-state index contributed by atoms with van der Waals surface area (Å²) >= 11 is 0. The van der Waals surface area contributed by atoms with Crippen LogP contribution in [0.5, 0.6) is 0 Å². The maximum Gasteiger partial charge on any atom is 0.240 e. The highest BCUT2D eigenvalue weighted by molar-refractivity contribution is 7.89. The predicted octanol–water partition coefficient (Wildman–Crippen LogP) is 1.17. The van der Waals surface area contributed by atoms with Crippen LogP contribution in [0.3, 0.4) is 0 Å². The lowest BCUT2D eigenvalue weighted by Crippen LogP contribution is -2.41. The van der Waals surface area contributed by atoms with E-state index in [0.717, 1.165) is 5.69 Å². The van der Waals surface area contributed by atoms with E-state index in [1.807, 2.05) is 13.8 Å². The van der Waals surface area contributed by atoms with Gasteiger partial charge in [-0.3, -0.25) is 0 Å². The van der Waals surface area contributed by atoms with Gasteiger partial charge in [0.2, 0.25) is 10.0 Å². The average molecular weight is 272 g/mol. The maximum absolute atomic E-state index is 11.5. The Labute approximate surface area is 108 Å². The predicted molar refractivity (Wildman–Crippen MR) is 72.1 cm³/mol. The Bertz CT molecular complexity index is 493. The molecule has 5 nitrogen and oxygen atoms in total. The lowest BCUT2D eigenvalue weighted by atomic mass is 9.98. The molecular weight excluding hydrogens is 252 g/mol. The highest BCUT2D eigenvalue weighted by Gasteiger charge is 2.23. The minimum absolute atomic E-state index is 0.213. The molecule has 0 aromatic heterocycles. The molecule has 0 bridgehead atoms. The van der Waals surface area contributed by atoms with E-state index in [1.165, 1.54) is 19.2 Å². The van der Waals surface area contributed by atoms with Crippen molar-refractivity contribution in [2.75, 3.05) is 12.4 Å². The van der Waals surface area contributed by atoms with Crippen LogP contribution in [-0.2, 0) is 10.0 Å². The summed E-state index contributed by atoms with van der Waals surface area (Å²) in [4.78, 5) is 0.213. The lowest BCUT2D eigenvalue weighted by Gasteiger charge is -2.30. The summed E-state index contributed by atoms with van der Waals surface area (Å²) in [5.74, 6) is 0. The largest absolute Gasteiger partial charge is 0.391 e. The van der Waals surface area contributed by atoms with Gasteiger partial charge in [-0.05, 0) is 52.1 Å². The van der Waals surface area contributed by atoms with Crippen molar-refractivity contribution in [2.24, 2.45) is 0 Å². The summed E-state index contributed by atoms with van der Waals surface area (Å²) in [6, 6.07) is 6.39. The number of hydrogen-bond donors (Lipinski definition) is 3. The van der Waals surface area contributed by atoms with E-state index in [9.17, 15) is 13.5 Å². The number of aliphatic hydroxyl groups excluding tert-OH is 1. The van der Waals surface area contributed by atoms with Gasteiger partial charge in [0.25, 0.3) is 0 Å². The third-order valence-electron chi connectivity index (χ3n) is 2.94. The van der Waals surface area contributed by atoms with Crippen LogP contribution in [0.25, 0.3) is 0 Å². The van der Waals surface area contributed by atoms with Crippen molar-refractivity contribution < 1.29 is 13.5 Å². The smallest absolute Gasteiger partial charge is 0.240 e. The van der Waals surface area contributed by atoms with Crippen LogP contribution in [0.4, 0.5) is 5.69 Å². The third kappa shape index (κ3) is 3.44. The Morgan fingerprint density at radius 3 is 2.11 bits per heavy atom. The molecule has 1 aromatic carbocycles. The lowest BCUT2D eigenvalue weighted by molar-refractivity contribution is 0.133. The van der Waals surface area contributed by atoms with Crippen molar-refractivity contribution in [1.82, 2.24) is 4.72 Å². The fourth-order valence-corrected chi connectivity index (χ4v) is 2.04. The number of nitrogens with one attached hydrogen (secondary N) is 2. The van der Waals surface area contributed by atoms with Gasteiger partial charge in [-0.1, -0.05) is 0 Å². The van der Waals surface area contributed by atoms with Crippen LogP contribution < -0.4 is 10.0 Å². The molecule has 0 aliphatic carbocycles. The van der Waals surface area contributed by atoms with Gasteiger partial charge in [0, 0.05) is 5.69 Å². The van der Waals surface area contributed by atoms with Crippen LogP contribution in [-0.4, -0.2) is 32.2 Å². The van der Waals surface area contributed by atoms with E-state index in [2.05, 4.69) is 10.0 Å². The molecule has 3 N–H and O–H groups in total. The van der Waals surface area contributed by atoms with Crippen LogP contribution in [0, 0.1) is 0 Å². The maximum atomic E-state index is 11.5. The second-order valence-electron chi connectivity index (χ2n) is 4.75. The molecule has 0 aliphatic rings. The molecule has 1 rings (SSSR count). The van der Waals surface area contributed by atoms with Crippen molar-refractivity contribution in [3.8, 4) is 0 Å². The summed E-state index contributed by atoms with van der Waals surface area (Å²) in [6.07, 6.45) is -0.529. The van der Waals surface area contributed by atoms with Crippen LogP contribution in [0.1, 0.15) is 20.8 Å². The molecule has 1 aromatic rings. The molecule has 0 saturated carbocycles. The zero-order valence-electron chi connectivity index (χ0n) is 11.1. The monoisotopic (exact) mass is 272 g/mol. The molecule has 102 valence electrons. The van der Waals surface area contributed by atoms with Crippen molar-refractivity contribution >= 4 is 15.7 Å². The average Bonchev–Trinajstić information content (AvgIpc) is 2.29. The Morgan fingerprint density at radius 2 is 1.72 bits per heavy atom. The molecule has 18 heavy (non-hydrogen) atoms. The van der Waals surface area contributed by atoms with Gasteiger partial charge in [0.1, 0.15) is 0 Å². The van der Waals surface area contributed by atoms with Gasteiger partial charge < -0.3 is 10.4 Å². The Balaban J connectivity index is 2.91. The first-order valence-corrected chi connectivity index (χ1v) is 7.17. The standard InChI is InChI=1S/C12H20N2O3S/c1-9(15)12(2,3)14-10-5-7-11(8-6-10)18(16,17)13-4/h5-9,13-15H,1-4H3. The molecule has 0 aliphatic heterocycles. The number of benzene rings is 1. The van der Waals surface area contributed by atoms with Gasteiger partial charge in [0.05, 0.1) is 16.5 Å². The minimum atomic E-state index is -3.40. The molecule has 6 heteroatoms. The van der Waals surface area contributed by atoms with Crippen LogP contribution >= 0.6 is 0 Å². The van der Waals surface area contributed by atoms with E-state index >= 15 is 0 Å². The molecule has 1 unspecified atom stereocenters. The van der Waals surface area contributed by atoms with E-state index in [-0.39, 0.29) is 4.90 Å². The normalized spacial score (nSPS) is 14.3. The summed E-state index contributed by atoms with van der Waals surface area (Å²) < 4.78 is 25.3. The zero-order valence-corrected chi connectivity index (χ0v) is 11.9. The Morgan fingerprint density at radius 1 is 1.22 bits per heavy atom. The quantitative estimate of drug-likeness (QED) is 0.752. The van der Waals surface area contributed by atoms with E-state index in [1.54, 1.807) is 19.1 Å². The van der Waals surface area contributed by atoms with Crippen LogP contribution in [0.2, 0.25) is 0 Å². The number of anilines is 1. The van der Waals surface area contributed by atoms with Crippen molar-refractivity contribution in [2.45, 2.75) is 37.3 Å². The molecular formula is C12H20N2O3S. The topological polar surface area (TPSA) is 78.4 Å². The molecule has 0 spiro atoms. The van der Waals surface area contributed by atoms with Gasteiger partial charge in [-0.25, -0.2) is 13.1 Å². The summed E-state index contributed by atoms with van der Waals surface area (Å²) in [6.45, 7) is 5.44. The molecule has 0 radical (unpaired) electrons. The number of rotatable bonds is 5. The molecule has 1 atom stereocenters. The Kier molecular flexibility index (Phi) is 4.37. The first-order valence-electron chi connectivity index (χ1n) is 5.69. The number of aliphatic hydroxyl groups is 1. The van der Waals surface area contributed by atoms with E-state index < -0.39 is 21.7 Å². The van der Waals surface area contributed by atoms with Gasteiger partial charge in [-0.15, -0.1) is 0 Å². The van der Waals surface area contributed by atoms with Crippen LogP contribution in [0.15, 0.2) is 29.2 Å².